The Labute approximate surface area is 198 Å². The molecular formula is C24H21ClF2N2O3S. The highest BCUT2D eigenvalue weighted by atomic mass is 35.5. The average molecular weight is 491 g/mol. The van der Waals surface area contributed by atoms with E-state index in [1.165, 1.54) is 16.9 Å². The molecule has 0 saturated heterocycles. The summed E-state index contributed by atoms with van der Waals surface area (Å²) < 4.78 is 32.3. The molecule has 4 rings (SSSR count). The number of carbonyl (C=O) groups excluding carboxylic acids is 2. The molecule has 0 aliphatic carbocycles. The topological polar surface area (TPSA) is 58.6 Å². The maximum Gasteiger partial charge on any atom is 0.341 e. The molecule has 2 heterocycles. The number of fused-ring (bicyclic) bond motifs is 1. The number of hydrogen-bond acceptors (Lipinski definition) is 5. The van der Waals surface area contributed by atoms with E-state index >= 15 is 0 Å². The summed E-state index contributed by atoms with van der Waals surface area (Å²) in [5, 5.41) is 2.75. The number of amides is 1. The SMILES string of the molecule is CCOC(=O)c1c(NC(=O)c2cc(F)c(F)cc2Cl)sc2c1CCN(Cc1ccccc1)C2. The molecule has 33 heavy (non-hydrogen) atoms. The van der Waals surface area contributed by atoms with Crippen LogP contribution in [0.15, 0.2) is 42.5 Å². The lowest BCUT2D eigenvalue weighted by atomic mass is 10.0. The predicted octanol–water partition coefficient (Wildman–Crippen LogP) is 5.67. The summed E-state index contributed by atoms with van der Waals surface area (Å²) in [6.45, 7) is 4.01. The minimum Gasteiger partial charge on any atom is -0.462 e. The number of benzene rings is 2. The molecule has 172 valence electrons. The standard InChI is InChI=1S/C24H21ClF2N2O3S/c1-2-32-24(31)21-15-8-9-29(12-14-6-4-3-5-7-14)13-20(15)33-23(21)28-22(30)16-10-18(26)19(27)11-17(16)25/h3-7,10-11H,2,8-9,12-13H2,1H3,(H,28,30). The fourth-order valence-corrected chi connectivity index (χ4v) is 5.32. The number of carbonyl (C=O) groups is 2. The van der Waals surface area contributed by atoms with Crippen molar-refractivity contribution in [2.24, 2.45) is 0 Å². The van der Waals surface area contributed by atoms with Crippen LogP contribution in [0.1, 0.15) is 43.6 Å². The number of rotatable bonds is 6. The number of nitrogens with one attached hydrogen (secondary N) is 1. The second-order valence-electron chi connectivity index (χ2n) is 7.57. The van der Waals surface area contributed by atoms with Gasteiger partial charge in [-0.15, -0.1) is 11.3 Å². The van der Waals surface area contributed by atoms with Crippen LogP contribution in [0.4, 0.5) is 13.8 Å². The Kier molecular flexibility index (Phi) is 7.07. The van der Waals surface area contributed by atoms with Gasteiger partial charge in [-0.05, 0) is 36.6 Å². The molecular weight excluding hydrogens is 470 g/mol. The summed E-state index contributed by atoms with van der Waals surface area (Å²) in [4.78, 5) is 28.8. The van der Waals surface area contributed by atoms with Crippen LogP contribution >= 0.6 is 22.9 Å². The maximum atomic E-state index is 13.7. The van der Waals surface area contributed by atoms with Gasteiger partial charge in [0.2, 0.25) is 0 Å². The lowest BCUT2D eigenvalue weighted by Crippen LogP contribution is -2.29. The molecule has 3 aromatic rings. The number of nitrogens with zero attached hydrogens (tertiary/aromatic N) is 1. The highest BCUT2D eigenvalue weighted by Crippen LogP contribution is 2.38. The van der Waals surface area contributed by atoms with Crippen molar-refractivity contribution in [2.75, 3.05) is 18.5 Å². The van der Waals surface area contributed by atoms with Crippen LogP contribution in [0.2, 0.25) is 5.02 Å². The van der Waals surface area contributed by atoms with E-state index in [1.54, 1.807) is 6.92 Å². The van der Waals surface area contributed by atoms with Gasteiger partial charge in [-0.3, -0.25) is 9.69 Å². The molecule has 0 spiro atoms. The van der Waals surface area contributed by atoms with Gasteiger partial charge in [-0.25, -0.2) is 13.6 Å². The van der Waals surface area contributed by atoms with Gasteiger partial charge in [0.1, 0.15) is 5.00 Å². The van der Waals surface area contributed by atoms with Crippen LogP contribution < -0.4 is 5.32 Å². The summed E-state index contributed by atoms with van der Waals surface area (Å²) in [6, 6.07) is 11.6. The first-order chi connectivity index (χ1) is 15.9. The normalized spacial score (nSPS) is 13.5. The predicted molar refractivity (Wildman–Crippen MR) is 124 cm³/mol. The largest absolute Gasteiger partial charge is 0.462 e. The number of halogens is 3. The van der Waals surface area contributed by atoms with Gasteiger partial charge < -0.3 is 10.1 Å². The molecule has 9 heteroatoms. The molecule has 2 aromatic carbocycles. The summed E-state index contributed by atoms with van der Waals surface area (Å²) in [5.74, 6) is -3.59. The molecule has 0 saturated carbocycles. The van der Waals surface area contributed by atoms with E-state index < -0.39 is 23.5 Å². The monoisotopic (exact) mass is 490 g/mol. The van der Waals surface area contributed by atoms with E-state index in [4.69, 9.17) is 16.3 Å². The van der Waals surface area contributed by atoms with Crippen molar-refractivity contribution in [3.8, 4) is 0 Å². The molecule has 5 nitrogen and oxygen atoms in total. The smallest absolute Gasteiger partial charge is 0.341 e. The molecule has 0 atom stereocenters. The van der Waals surface area contributed by atoms with Crippen LogP contribution in [0.3, 0.4) is 0 Å². The van der Waals surface area contributed by atoms with Gasteiger partial charge >= 0.3 is 5.97 Å². The van der Waals surface area contributed by atoms with Crippen molar-refractivity contribution in [1.82, 2.24) is 4.90 Å². The van der Waals surface area contributed by atoms with Crippen molar-refractivity contribution < 1.29 is 23.1 Å². The first-order valence-corrected chi connectivity index (χ1v) is 11.6. The van der Waals surface area contributed by atoms with E-state index in [0.717, 1.165) is 35.7 Å². The highest BCUT2D eigenvalue weighted by Gasteiger charge is 2.30. The van der Waals surface area contributed by atoms with Crippen LogP contribution in [-0.4, -0.2) is 29.9 Å². The second kappa shape index (κ2) is 9.99. The molecule has 1 aromatic heterocycles. The fraction of sp³-hybridized carbons (Fsp3) is 0.250. The zero-order valence-electron chi connectivity index (χ0n) is 17.8. The lowest BCUT2D eigenvalue weighted by molar-refractivity contribution is 0.0526. The van der Waals surface area contributed by atoms with E-state index in [2.05, 4.69) is 22.3 Å². The average Bonchev–Trinajstić information content (AvgIpc) is 3.14. The van der Waals surface area contributed by atoms with Crippen molar-refractivity contribution in [3.05, 3.63) is 86.3 Å². The Morgan fingerprint density at radius 1 is 1.18 bits per heavy atom. The van der Waals surface area contributed by atoms with E-state index in [-0.39, 0.29) is 17.2 Å². The number of ether oxygens (including phenoxy) is 1. The van der Waals surface area contributed by atoms with Crippen LogP contribution in [0, 0.1) is 11.6 Å². The van der Waals surface area contributed by atoms with Crippen LogP contribution in [0.25, 0.3) is 0 Å². The summed E-state index contributed by atoms with van der Waals surface area (Å²) in [6.07, 6.45) is 0.620. The van der Waals surface area contributed by atoms with Gasteiger partial charge in [0.15, 0.2) is 11.6 Å². The van der Waals surface area contributed by atoms with E-state index in [0.29, 0.717) is 23.5 Å². The third kappa shape index (κ3) is 5.08. The number of hydrogen-bond donors (Lipinski definition) is 1. The van der Waals surface area contributed by atoms with Crippen molar-refractivity contribution in [1.29, 1.82) is 0 Å². The van der Waals surface area contributed by atoms with Gasteiger partial charge in [-0.1, -0.05) is 41.9 Å². The van der Waals surface area contributed by atoms with Crippen molar-refractivity contribution in [3.63, 3.8) is 0 Å². The zero-order valence-corrected chi connectivity index (χ0v) is 19.4. The third-order valence-corrected chi connectivity index (χ3v) is 6.79. The zero-order chi connectivity index (χ0) is 23.5. The van der Waals surface area contributed by atoms with Crippen LogP contribution in [-0.2, 0) is 24.2 Å². The maximum absolute atomic E-state index is 13.7. The van der Waals surface area contributed by atoms with Crippen molar-refractivity contribution >= 4 is 39.8 Å². The summed E-state index contributed by atoms with van der Waals surface area (Å²) in [5.41, 5.74) is 2.12. The molecule has 1 amide bonds. The molecule has 0 radical (unpaired) electrons. The van der Waals surface area contributed by atoms with E-state index in [9.17, 15) is 18.4 Å². The van der Waals surface area contributed by atoms with Gasteiger partial charge in [-0.2, -0.15) is 0 Å². The van der Waals surface area contributed by atoms with Gasteiger partial charge in [0, 0.05) is 24.5 Å². The molecule has 1 aliphatic rings. The number of esters is 1. The lowest BCUT2D eigenvalue weighted by Gasteiger charge is -2.27. The highest BCUT2D eigenvalue weighted by molar-refractivity contribution is 7.17. The third-order valence-electron chi connectivity index (χ3n) is 5.35. The Hall–Kier alpha value is -2.81. The van der Waals surface area contributed by atoms with Gasteiger partial charge in [0.25, 0.3) is 5.91 Å². The first kappa shape index (κ1) is 23.4. The van der Waals surface area contributed by atoms with Crippen molar-refractivity contribution in [2.45, 2.75) is 26.4 Å². The molecule has 1 N–H and O–H groups in total. The fourth-order valence-electron chi connectivity index (χ4n) is 3.81. The van der Waals surface area contributed by atoms with E-state index in [1.807, 2.05) is 18.2 Å². The minimum atomic E-state index is -1.18. The summed E-state index contributed by atoms with van der Waals surface area (Å²) in [7, 11) is 0. The Morgan fingerprint density at radius 2 is 1.91 bits per heavy atom. The Balaban J connectivity index is 1.62. The quantitative estimate of drug-likeness (QED) is 0.357. The minimum absolute atomic E-state index is 0.186. The van der Waals surface area contributed by atoms with Crippen LogP contribution in [0.5, 0.6) is 0 Å². The Bertz CT molecular complexity index is 1200. The molecule has 0 bridgehead atoms. The Morgan fingerprint density at radius 3 is 2.64 bits per heavy atom. The van der Waals surface area contributed by atoms with Gasteiger partial charge in [0.05, 0.1) is 22.8 Å². The summed E-state index contributed by atoms with van der Waals surface area (Å²) >= 11 is 7.23. The number of anilines is 1. The molecule has 0 fully saturated rings. The second-order valence-corrected chi connectivity index (χ2v) is 9.09. The molecule has 1 aliphatic heterocycles. The first-order valence-electron chi connectivity index (χ1n) is 10.4. The molecule has 0 unspecified atom stereocenters. The number of thiophene rings is 1.